The van der Waals surface area contributed by atoms with Crippen molar-refractivity contribution >= 4 is 27.5 Å². The lowest BCUT2D eigenvalue weighted by atomic mass is 10.3. The fourth-order valence-electron chi connectivity index (χ4n) is 2.65. The van der Waals surface area contributed by atoms with Gasteiger partial charge in [0.2, 0.25) is 21.8 Å². The monoisotopic (exact) mass is 431 g/mol. The first-order valence-electron chi connectivity index (χ1n) is 8.33. The largest absolute Gasteiger partial charge is 0.435 e. The molecule has 0 spiro atoms. The number of benzene rings is 1. The zero-order valence-electron chi connectivity index (χ0n) is 14.8. The van der Waals surface area contributed by atoms with E-state index < -0.39 is 40.3 Å². The molecule has 9 nitrogen and oxygen atoms in total. The predicted molar refractivity (Wildman–Crippen MR) is 94.1 cm³/mol. The number of nitrogens with zero attached hydrogens (tertiary/aromatic N) is 3. The van der Waals surface area contributed by atoms with Crippen molar-refractivity contribution in [2.24, 2.45) is 0 Å². The molecule has 156 valence electrons. The quantitative estimate of drug-likeness (QED) is 0.722. The second-order valence-corrected chi connectivity index (χ2v) is 8.10. The molecule has 0 atom stereocenters. The molecule has 2 amide bonds. The maximum absolute atomic E-state index is 12.7. The van der Waals surface area contributed by atoms with E-state index >= 15 is 0 Å². The molecule has 0 saturated carbocycles. The van der Waals surface area contributed by atoms with Crippen LogP contribution >= 0.6 is 0 Å². The van der Waals surface area contributed by atoms with Gasteiger partial charge in [0.1, 0.15) is 6.54 Å². The summed E-state index contributed by atoms with van der Waals surface area (Å²) in [6, 6.07) is 6.12. The average Bonchev–Trinajstić information content (AvgIpc) is 3.10. The summed E-state index contributed by atoms with van der Waals surface area (Å²) in [5.74, 6) is -1.10. The number of alkyl halides is 3. The Hall–Kier alpha value is -2.93. The van der Waals surface area contributed by atoms with Crippen LogP contribution in [0.1, 0.15) is 5.69 Å². The molecule has 1 saturated heterocycles. The van der Waals surface area contributed by atoms with Gasteiger partial charge in [-0.15, -0.1) is 0 Å². The van der Waals surface area contributed by atoms with Crippen molar-refractivity contribution < 1.29 is 31.2 Å². The van der Waals surface area contributed by atoms with Crippen LogP contribution in [-0.2, 0) is 32.3 Å². The van der Waals surface area contributed by atoms with Crippen LogP contribution in [0.25, 0.3) is 0 Å². The van der Waals surface area contributed by atoms with E-state index in [2.05, 4.69) is 15.7 Å². The molecule has 1 aromatic heterocycles. The number of rotatable bonds is 5. The number of halogens is 3. The van der Waals surface area contributed by atoms with Crippen LogP contribution in [-0.4, -0.2) is 54.0 Å². The Bertz CT molecular complexity index is 1040. The molecule has 13 heteroatoms. The molecule has 2 N–H and O–H groups in total. The van der Waals surface area contributed by atoms with Crippen molar-refractivity contribution in [1.29, 1.82) is 0 Å². The molecule has 2 aromatic rings. The van der Waals surface area contributed by atoms with Crippen molar-refractivity contribution in [2.75, 3.05) is 25.0 Å². The number of anilines is 1. The van der Waals surface area contributed by atoms with Crippen LogP contribution in [0.5, 0.6) is 0 Å². The van der Waals surface area contributed by atoms with Crippen LogP contribution in [0.4, 0.5) is 18.9 Å². The van der Waals surface area contributed by atoms with Crippen molar-refractivity contribution in [3.05, 3.63) is 42.2 Å². The van der Waals surface area contributed by atoms with Crippen molar-refractivity contribution in [3.8, 4) is 0 Å². The highest BCUT2D eigenvalue weighted by molar-refractivity contribution is 7.89. The molecular weight excluding hydrogens is 415 g/mol. The van der Waals surface area contributed by atoms with Gasteiger partial charge in [-0.3, -0.25) is 14.3 Å². The lowest BCUT2D eigenvalue weighted by Gasteiger charge is -2.26. The van der Waals surface area contributed by atoms with E-state index in [0.29, 0.717) is 0 Å². The third-order valence-electron chi connectivity index (χ3n) is 4.00. The number of hydrogen-bond donors (Lipinski definition) is 2. The van der Waals surface area contributed by atoms with E-state index in [0.717, 1.165) is 21.3 Å². The van der Waals surface area contributed by atoms with Gasteiger partial charge in [-0.05, 0) is 24.3 Å². The van der Waals surface area contributed by atoms with Gasteiger partial charge in [-0.2, -0.15) is 22.6 Å². The maximum Gasteiger partial charge on any atom is 0.435 e. The van der Waals surface area contributed by atoms with Gasteiger partial charge in [0.25, 0.3) is 0 Å². The lowest BCUT2D eigenvalue weighted by Crippen LogP contribution is -2.49. The first-order chi connectivity index (χ1) is 13.6. The van der Waals surface area contributed by atoms with E-state index in [4.69, 9.17) is 0 Å². The molecule has 1 aliphatic rings. The van der Waals surface area contributed by atoms with Crippen molar-refractivity contribution in [3.63, 3.8) is 0 Å². The Morgan fingerprint density at radius 2 is 2.03 bits per heavy atom. The summed E-state index contributed by atoms with van der Waals surface area (Å²) in [6.45, 7) is -0.483. The molecular formula is C16H16F3N5O4S. The molecule has 0 aliphatic carbocycles. The Morgan fingerprint density at radius 3 is 2.69 bits per heavy atom. The topological polar surface area (TPSA) is 113 Å². The van der Waals surface area contributed by atoms with E-state index in [-0.39, 0.29) is 30.2 Å². The van der Waals surface area contributed by atoms with Gasteiger partial charge >= 0.3 is 6.18 Å². The molecule has 1 aliphatic heterocycles. The first-order valence-corrected chi connectivity index (χ1v) is 9.77. The summed E-state index contributed by atoms with van der Waals surface area (Å²) < 4.78 is 64.9. The fourth-order valence-corrected chi connectivity index (χ4v) is 4.10. The molecule has 1 aromatic carbocycles. The second-order valence-electron chi connectivity index (χ2n) is 6.16. The van der Waals surface area contributed by atoms with Crippen LogP contribution in [0.2, 0.25) is 0 Å². The summed E-state index contributed by atoms with van der Waals surface area (Å²) in [7, 11) is -3.95. The highest BCUT2D eigenvalue weighted by atomic mass is 32.2. The summed E-state index contributed by atoms with van der Waals surface area (Å²) in [5.41, 5.74) is -0.982. The summed E-state index contributed by atoms with van der Waals surface area (Å²) in [5, 5.41) is 8.22. The van der Waals surface area contributed by atoms with Crippen LogP contribution in [0.15, 0.2) is 41.4 Å². The van der Waals surface area contributed by atoms with Crippen LogP contribution < -0.4 is 10.6 Å². The van der Waals surface area contributed by atoms with Gasteiger partial charge in [-0.25, -0.2) is 8.42 Å². The zero-order chi connectivity index (χ0) is 21.2. The molecule has 1 fully saturated rings. The second kappa shape index (κ2) is 7.83. The smallest absolute Gasteiger partial charge is 0.354 e. The molecule has 3 rings (SSSR count). The number of hydrogen-bond acceptors (Lipinski definition) is 5. The van der Waals surface area contributed by atoms with E-state index in [1.165, 1.54) is 24.3 Å². The number of sulfonamides is 1. The van der Waals surface area contributed by atoms with Gasteiger partial charge < -0.3 is 10.6 Å². The summed E-state index contributed by atoms with van der Waals surface area (Å²) in [6.07, 6.45) is -3.60. The van der Waals surface area contributed by atoms with Gasteiger partial charge in [0.15, 0.2) is 5.69 Å². The number of nitrogens with one attached hydrogen (secondary N) is 2. The number of piperazine rings is 1. The normalized spacial score (nSPS) is 15.8. The van der Waals surface area contributed by atoms with Gasteiger partial charge in [0, 0.05) is 25.0 Å². The third-order valence-corrected chi connectivity index (χ3v) is 5.84. The summed E-state index contributed by atoms with van der Waals surface area (Å²) >= 11 is 0. The minimum Gasteiger partial charge on any atom is -0.354 e. The Morgan fingerprint density at radius 1 is 1.28 bits per heavy atom. The van der Waals surface area contributed by atoms with Crippen molar-refractivity contribution in [2.45, 2.75) is 17.6 Å². The number of aromatic nitrogens is 2. The van der Waals surface area contributed by atoms with Crippen molar-refractivity contribution in [1.82, 2.24) is 19.4 Å². The predicted octanol–water partition coefficient (Wildman–Crippen LogP) is 0.661. The van der Waals surface area contributed by atoms with E-state index in [9.17, 15) is 31.2 Å². The maximum atomic E-state index is 12.7. The Labute approximate surface area is 163 Å². The van der Waals surface area contributed by atoms with Crippen LogP contribution in [0, 0.1) is 0 Å². The minimum atomic E-state index is -4.62. The molecule has 0 radical (unpaired) electrons. The lowest BCUT2D eigenvalue weighted by molar-refractivity contribution is -0.141. The Kier molecular flexibility index (Phi) is 5.61. The van der Waals surface area contributed by atoms with Gasteiger partial charge in [0.05, 0.1) is 11.4 Å². The molecule has 0 unspecified atom stereocenters. The first kappa shape index (κ1) is 20.8. The van der Waals surface area contributed by atoms with Crippen LogP contribution in [0.3, 0.4) is 0 Å². The third kappa shape index (κ3) is 4.92. The Balaban J connectivity index is 1.70. The fraction of sp³-hybridized carbons (Fsp3) is 0.312. The molecule has 2 heterocycles. The minimum absolute atomic E-state index is 0.117. The standard InChI is InChI=1S/C16H16F3N5O4S/c17-16(18,19)13-4-6-23(22-13)9-15(26)21-11-2-1-3-12(8-11)29(27,28)24-7-5-20-14(25)10-24/h1-4,6,8H,5,7,9-10H2,(H,20,25)(H,21,26). The number of carbonyl (C=O) groups is 2. The SMILES string of the molecule is O=C1CN(S(=O)(=O)c2cccc(NC(=O)Cn3ccc(C(F)(F)F)n3)c2)CCN1. The molecule has 0 bridgehead atoms. The van der Waals surface area contributed by atoms with E-state index in [1.54, 1.807) is 0 Å². The summed E-state index contributed by atoms with van der Waals surface area (Å²) in [4.78, 5) is 23.4. The highest BCUT2D eigenvalue weighted by Crippen LogP contribution is 2.27. The highest BCUT2D eigenvalue weighted by Gasteiger charge is 2.33. The van der Waals surface area contributed by atoms with Gasteiger partial charge in [-0.1, -0.05) is 6.07 Å². The molecule has 29 heavy (non-hydrogen) atoms. The van der Waals surface area contributed by atoms with E-state index in [1.807, 2.05) is 0 Å². The number of amides is 2. The number of carbonyl (C=O) groups excluding carboxylic acids is 2. The zero-order valence-corrected chi connectivity index (χ0v) is 15.6. The average molecular weight is 431 g/mol.